The van der Waals surface area contributed by atoms with Gasteiger partial charge in [-0.3, -0.25) is 0 Å². The molecule has 0 aliphatic heterocycles. The average molecular weight is 260 g/mol. The van der Waals surface area contributed by atoms with Gasteiger partial charge in [0.05, 0.1) is 0 Å². The second-order valence-electron chi connectivity index (χ2n) is 4.18. The zero-order valence-electron chi connectivity index (χ0n) is 10.3. The first kappa shape index (κ1) is 14.8. The van der Waals surface area contributed by atoms with Crippen LogP contribution in [0.1, 0.15) is 19.3 Å². The van der Waals surface area contributed by atoms with Crippen molar-refractivity contribution < 1.29 is 13.2 Å². The molecule has 2 nitrogen and oxygen atoms in total. The molecule has 0 amide bonds. The number of hydrogen-bond acceptors (Lipinski definition) is 2. The number of hydrogen-bond donors (Lipinski definition) is 1. The van der Waals surface area contributed by atoms with Crippen molar-refractivity contribution in [3.05, 3.63) is 30.3 Å². The zero-order valence-corrected chi connectivity index (χ0v) is 10.3. The summed E-state index contributed by atoms with van der Waals surface area (Å²) in [5.74, 6) is 0. The van der Waals surface area contributed by atoms with Gasteiger partial charge in [0.25, 0.3) is 0 Å². The summed E-state index contributed by atoms with van der Waals surface area (Å²) >= 11 is 0. The van der Waals surface area contributed by atoms with Crippen molar-refractivity contribution in [2.75, 3.05) is 24.5 Å². The lowest BCUT2D eigenvalue weighted by Gasteiger charge is -2.25. The smallest absolute Gasteiger partial charge is 0.371 e. The molecule has 0 atom stereocenters. The molecule has 0 aromatic heterocycles. The predicted molar refractivity (Wildman–Crippen MR) is 67.6 cm³/mol. The SMILES string of the molecule is NCCCN(CCCC(F)(F)F)c1ccccc1. The highest BCUT2D eigenvalue weighted by Gasteiger charge is 2.26. The summed E-state index contributed by atoms with van der Waals surface area (Å²) in [7, 11) is 0. The summed E-state index contributed by atoms with van der Waals surface area (Å²) in [6.07, 6.45) is -3.92. The molecule has 0 bridgehead atoms. The summed E-state index contributed by atoms with van der Waals surface area (Å²) < 4.78 is 36.4. The quantitative estimate of drug-likeness (QED) is 0.815. The van der Waals surface area contributed by atoms with E-state index in [-0.39, 0.29) is 6.42 Å². The molecule has 1 aromatic rings. The minimum atomic E-state index is -4.07. The van der Waals surface area contributed by atoms with Gasteiger partial charge in [-0.2, -0.15) is 13.2 Å². The van der Waals surface area contributed by atoms with Crippen molar-refractivity contribution in [3.63, 3.8) is 0 Å². The first-order valence-electron chi connectivity index (χ1n) is 6.10. The van der Waals surface area contributed by atoms with Crippen LogP contribution in [0.5, 0.6) is 0 Å². The highest BCUT2D eigenvalue weighted by molar-refractivity contribution is 5.45. The Balaban J connectivity index is 2.51. The van der Waals surface area contributed by atoms with Crippen LogP contribution in [-0.4, -0.2) is 25.8 Å². The van der Waals surface area contributed by atoms with E-state index in [2.05, 4.69) is 0 Å². The van der Waals surface area contributed by atoms with Crippen LogP contribution in [0.4, 0.5) is 18.9 Å². The number of benzene rings is 1. The summed E-state index contributed by atoms with van der Waals surface area (Å²) in [5.41, 5.74) is 6.40. The first-order valence-corrected chi connectivity index (χ1v) is 6.10. The van der Waals surface area contributed by atoms with Gasteiger partial charge < -0.3 is 10.6 Å². The third-order valence-corrected chi connectivity index (χ3v) is 2.64. The Morgan fingerprint density at radius 3 is 2.17 bits per heavy atom. The molecule has 18 heavy (non-hydrogen) atoms. The largest absolute Gasteiger partial charge is 0.389 e. The fourth-order valence-electron chi connectivity index (χ4n) is 1.76. The molecule has 0 unspecified atom stereocenters. The molecule has 0 radical (unpaired) electrons. The van der Waals surface area contributed by atoms with Gasteiger partial charge >= 0.3 is 6.18 Å². The molecular weight excluding hydrogens is 241 g/mol. The van der Waals surface area contributed by atoms with E-state index in [1.807, 2.05) is 35.2 Å². The van der Waals surface area contributed by atoms with Crippen LogP contribution in [0.15, 0.2) is 30.3 Å². The molecule has 0 heterocycles. The molecule has 0 aliphatic rings. The highest BCUT2D eigenvalue weighted by atomic mass is 19.4. The van der Waals surface area contributed by atoms with Gasteiger partial charge in [-0.25, -0.2) is 0 Å². The Morgan fingerprint density at radius 1 is 1.00 bits per heavy atom. The monoisotopic (exact) mass is 260 g/mol. The number of anilines is 1. The molecule has 0 saturated carbocycles. The van der Waals surface area contributed by atoms with Gasteiger partial charge in [0.2, 0.25) is 0 Å². The Morgan fingerprint density at radius 2 is 1.61 bits per heavy atom. The highest BCUT2D eigenvalue weighted by Crippen LogP contribution is 2.22. The third kappa shape index (κ3) is 5.91. The van der Waals surface area contributed by atoms with Crippen molar-refractivity contribution in [1.82, 2.24) is 0 Å². The maximum Gasteiger partial charge on any atom is 0.389 e. The van der Waals surface area contributed by atoms with Gasteiger partial charge in [-0.15, -0.1) is 0 Å². The normalized spacial score (nSPS) is 11.6. The molecule has 0 fully saturated rings. The molecule has 5 heteroatoms. The van der Waals surface area contributed by atoms with E-state index in [0.29, 0.717) is 19.6 Å². The van der Waals surface area contributed by atoms with E-state index < -0.39 is 12.6 Å². The molecule has 0 aliphatic carbocycles. The van der Waals surface area contributed by atoms with Gasteiger partial charge in [0.1, 0.15) is 0 Å². The second-order valence-corrected chi connectivity index (χ2v) is 4.18. The molecule has 1 aromatic carbocycles. The standard InChI is InChI=1S/C13H19F3N2/c14-13(15,16)8-4-10-18(11-5-9-17)12-6-2-1-3-7-12/h1-3,6-7H,4-5,8-11,17H2. The van der Waals surface area contributed by atoms with E-state index >= 15 is 0 Å². The summed E-state index contributed by atoms with van der Waals surface area (Å²) in [6, 6.07) is 9.47. The van der Waals surface area contributed by atoms with Crippen LogP contribution in [0.3, 0.4) is 0 Å². The minimum absolute atomic E-state index is 0.114. The van der Waals surface area contributed by atoms with Gasteiger partial charge in [0.15, 0.2) is 0 Å². The van der Waals surface area contributed by atoms with Crippen LogP contribution < -0.4 is 10.6 Å². The Labute approximate surface area is 106 Å². The molecule has 1 rings (SSSR count). The summed E-state index contributed by atoms with van der Waals surface area (Å²) in [5, 5.41) is 0. The number of para-hydroxylation sites is 1. The van der Waals surface area contributed by atoms with Crippen molar-refractivity contribution in [1.29, 1.82) is 0 Å². The van der Waals surface area contributed by atoms with E-state index in [0.717, 1.165) is 12.1 Å². The lowest BCUT2D eigenvalue weighted by atomic mass is 10.2. The van der Waals surface area contributed by atoms with Crippen molar-refractivity contribution in [2.24, 2.45) is 5.73 Å². The maximum absolute atomic E-state index is 12.1. The number of rotatable bonds is 7. The van der Waals surface area contributed by atoms with Crippen molar-refractivity contribution in [3.8, 4) is 0 Å². The third-order valence-electron chi connectivity index (χ3n) is 2.64. The van der Waals surface area contributed by atoms with Gasteiger partial charge in [-0.05, 0) is 31.5 Å². The average Bonchev–Trinajstić information content (AvgIpc) is 2.33. The minimum Gasteiger partial charge on any atom is -0.371 e. The Bertz CT molecular complexity index is 325. The van der Waals surface area contributed by atoms with E-state index in [1.54, 1.807) is 0 Å². The molecule has 2 N–H and O–H groups in total. The molecule has 0 saturated heterocycles. The topological polar surface area (TPSA) is 29.3 Å². The summed E-state index contributed by atoms with van der Waals surface area (Å²) in [4.78, 5) is 1.96. The maximum atomic E-state index is 12.1. The fraction of sp³-hybridized carbons (Fsp3) is 0.538. The van der Waals surface area contributed by atoms with Crippen molar-refractivity contribution >= 4 is 5.69 Å². The van der Waals surface area contributed by atoms with Crippen molar-refractivity contribution in [2.45, 2.75) is 25.4 Å². The van der Waals surface area contributed by atoms with Crippen LogP contribution >= 0.6 is 0 Å². The van der Waals surface area contributed by atoms with Gasteiger partial charge in [0, 0.05) is 25.2 Å². The van der Waals surface area contributed by atoms with Crippen LogP contribution in [0.2, 0.25) is 0 Å². The fourth-order valence-corrected chi connectivity index (χ4v) is 1.76. The molecule has 102 valence electrons. The predicted octanol–water partition coefficient (Wildman–Crippen LogP) is 3.18. The molecular formula is C13H19F3N2. The first-order chi connectivity index (χ1) is 8.53. The Hall–Kier alpha value is -1.23. The lowest BCUT2D eigenvalue weighted by Crippen LogP contribution is -2.28. The van der Waals surface area contributed by atoms with E-state index in [4.69, 9.17) is 5.73 Å². The second kappa shape index (κ2) is 7.26. The van der Waals surface area contributed by atoms with Crippen LogP contribution in [0.25, 0.3) is 0 Å². The summed E-state index contributed by atoms with van der Waals surface area (Å²) in [6.45, 7) is 1.64. The van der Waals surface area contributed by atoms with Crippen LogP contribution in [-0.2, 0) is 0 Å². The number of halogens is 3. The number of nitrogens with two attached hydrogens (primary N) is 1. The van der Waals surface area contributed by atoms with Crippen LogP contribution in [0, 0.1) is 0 Å². The zero-order chi connectivity index (χ0) is 13.4. The van der Waals surface area contributed by atoms with E-state index in [9.17, 15) is 13.2 Å². The van der Waals surface area contributed by atoms with Gasteiger partial charge in [-0.1, -0.05) is 18.2 Å². The number of alkyl halides is 3. The number of nitrogens with zero attached hydrogens (tertiary/aromatic N) is 1. The lowest BCUT2D eigenvalue weighted by molar-refractivity contribution is -0.135. The van der Waals surface area contributed by atoms with E-state index in [1.165, 1.54) is 0 Å². The molecule has 0 spiro atoms. The Kier molecular flexibility index (Phi) is 5.98.